The number of nitrogens with zero attached hydrogens (tertiary/aromatic N) is 3. The van der Waals surface area contributed by atoms with Gasteiger partial charge >= 0.3 is 0 Å². The van der Waals surface area contributed by atoms with Crippen LogP contribution in [-0.4, -0.2) is 28.1 Å². The molecule has 0 spiro atoms. The van der Waals surface area contributed by atoms with Crippen LogP contribution >= 0.6 is 0 Å². The highest BCUT2D eigenvalue weighted by Gasteiger charge is 1.94. The van der Waals surface area contributed by atoms with Crippen LogP contribution in [0.3, 0.4) is 0 Å². The first-order valence-electron chi connectivity index (χ1n) is 4.70. The van der Waals surface area contributed by atoms with Crippen molar-refractivity contribution in [2.24, 2.45) is 10.7 Å². The van der Waals surface area contributed by atoms with Crippen LogP contribution in [-0.2, 0) is 6.54 Å². The summed E-state index contributed by atoms with van der Waals surface area (Å²) in [7, 11) is 0. The second-order valence-corrected chi connectivity index (χ2v) is 3.37. The molecule has 0 unspecified atom stereocenters. The fraction of sp³-hybridized carbons (Fsp3) is 0.556. The molecule has 3 N–H and O–H groups in total. The van der Waals surface area contributed by atoms with Crippen molar-refractivity contribution in [1.82, 2.24) is 14.9 Å². The van der Waals surface area contributed by atoms with Crippen LogP contribution in [0.1, 0.15) is 13.8 Å². The standard InChI is InChI=1S/C9H17N5/c1-8(2)13-9(10)12-4-6-14-5-3-11-7-14/h3,5,7-8H,4,6H2,1-2H3,(H3,10,12,13). The largest absolute Gasteiger partial charge is 0.370 e. The molecule has 1 aromatic heterocycles. The monoisotopic (exact) mass is 195 g/mol. The van der Waals surface area contributed by atoms with Crippen molar-refractivity contribution in [3.05, 3.63) is 18.7 Å². The van der Waals surface area contributed by atoms with Gasteiger partial charge in [-0.2, -0.15) is 0 Å². The maximum Gasteiger partial charge on any atom is 0.188 e. The molecule has 78 valence electrons. The van der Waals surface area contributed by atoms with Gasteiger partial charge in [0.2, 0.25) is 0 Å². The molecule has 0 atom stereocenters. The molecule has 0 aliphatic rings. The predicted octanol–water partition coefficient (Wildman–Crippen LogP) is 0.196. The Bertz CT molecular complexity index is 275. The molecular formula is C9H17N5. The van der Waals surface area contributed by atoms with Crippen molar-refractivity contribution in [2.45, 2.75) is 26.4 Å². The van der Waals surface area contributed by atoms with Gasteiger partial charge in [0, 0.05) is 25.0 Å². The Morgan fingerprint density at radius 2 is 2.43 bits per heavy atom. The average molecular weight is 195 g/mol. The number of aliphatic imine (C=N–C) groups is 1. The van der Waals surface area contributed by atoms with Gasteiger partial charge in [0.15, 0.2) is 5.96 Å². The van der Waals surface area contributed by atoms with Crippen molar-refractivity contribution in [3.63, 3.8) is 0 Å². The molecular weight excluding hydrogens is 178 g/mol. The lowest BCUT2D eigenvalue weighted by Gasteiger charge is -2.08. The number of hydrogen-bond donors (Lipinski definition) is 2. The van der Waals surface area contributed by atoms with Gasteiger partial charge in [-0.1, -0.05) is 0 Å². The summed E-state index contributed by atoms with van der Waals surface area (Å²) in [5.74, 6) is 0.500. The SMILES string of the molecule is CC(C)NC(N)=NCCn1ccnc1. The molecule has 0 aliphatic carbocycles. The smallest absolute Gasteiger partial charge is 0.188 e. The van der Waals surface area contributed by atoms with Gasteiger partial charge in [-0.3, -0.25) is 4.99 Å². The number of nitrogens with two attached hydrogens (primary N) is 1. The molecule has 0 amide bonds. The van der Waals surface area contributed by atoms with Crippen LogP contribution in [0.5, 0.6) is 0 Å². The Balaban J connectivity index is 2.26. The minimum atomic E-state index is 0.326. The van der Waals surface area contributed by atoms with Crippen LogP contribution in [0.2, 0.25) is 0 Å². The first-order chi connectivity index (χ1) is 6.68. The first kappa shape index (κ1) is 10.6. The third-order valence-electron chi connectivity index (χ3n) is 1.64. The fourth-order valence-electron chi connectivity index (χ4n) is 1.05. The summed E-state index contributed by atoms with van der Waals surface area (Å²) in [5, 5.41) is 3.03. The molecule has 1 aromatic rings. The van der Waals surface area contributed by atoms with Crippen LogP contribution < -0.4 is 11.1 Å². The Morgan fingerprint density at radius 3 is 3.00 bits per heavy atom. The maximum atomic E-state index is 5.63. The molecule has 5 nitrogen and oxygen atoms in total. The first-order valence-corrected chi connectivity index (χ1v) is 4.70. The highest BCUT2D eigenvalue weighted by atomic mass is 15.1. The van der Waals surface area contributed by atoms with Gasteiger partial charge in [0.05, 0.1) is 12.9 Å². The molecule has 1 rings (SSSR count). The fourth-order valence-corrected chi connectivity index (χ4v) is 1.05. The van der Waals surface area contributed by atoms with E-state index in [1.165, 1.54) is 0 Å². The van der Waals surface area contributed by atoms with E-state index in [9.17, 15) is 0 Å². The van der Waals surface area contributed by atoms with Gasteiger partial charge in [-0.05, 0) is 13.8 Å². The van der Waals surface area contributed by atoms with Gasteiger partial charge in [-0.25, -0.2) is 4.98 Å². The molecule has 0 saturated heterocycles. The van der Waals surface area contributed by atoms with Crippen LogP contribution in [0, 0.1) is 0 Å². The van der Waals surface area contributed by atoms with Gasteiger partial charge in [0.25, 0.3) is 0 Å². The predicted molar refractivity (Wildman–Crippen MR) is 57.0 cm³/mol. The van der Waals surface area contributed by atoms with E-state index in [-0.39, 0.29) is 0 Å². The number of nitrogens with one attached hydrogen (secondary N) is 1. The quantitative estimate of drug-likeness (QED) is 0.532. The third-order valence-corrected chi connectivity index (χ3v) is 1.64. The van der Waals surface area contributed by atoms with Crippen molar-refractivity contribution < 1.29 is 0 Å². The lowest BCUT2D eigenvalue weighted by molar-refractivity contribution is 0.690. The summed E-state index contributed by atoms with van der Waals surface area (Å²) in [6.45, 7) is 5.53. The molecule has 0 bridgehead atoms. The molecule has 0 aromatic carbocycles. The topological polar surface area (TPSA) is 68.2 Å². The summed E-state index contributed by atoms with van der Waals surface area (Å²) < 4.78 is 1.96. The van der Waals surface area contributed by atoms with E-state index in [1.54, 1.807) is 12.5 Å². The Hall–Kier alpha value is -1.52. The number of imidazole rings is 1. The van der Waals surface area contributed by atoms with E-state index in [2.05, 4.69) is 15.3 Å². The Morgan fingerprint density at radius 1 is 1.64 bits per heavy atom. The number of guanidine groups is 1. The highest BCUT2D eigenvalue weighted by molar-refractivity contribution is 5.77. The van der Waals surface area contributed by atoms with E-state index in [4.69, 9.17) is 5.73 Å². The second-order valence-electron chi connectivity index (χ2n) is 3.37. The second kappa shape index (κ2) is 5.26. The summed E-state index contributed by atoms with van der Waals surface area (Å²) in [4.78, 5) is 8.11. The van der Waals surface area contributed by atoms with Crippen molar-refractivity contribution in [1.29, 1.82) is 0 Å². The van der Waals surface area contributed by atoms with E-state index >= 15 is 0 Å². The molecule has 1 heterocycles. The zero-order valence-corrected chi connectivity index (χ0v) is 8.64. The minimum Gasteiger partial charge on any atom is -0.370 e. The van der Waals surface area contributed by atoms with E-state index in [1.807, 2.05) is 24.6 Å². The van der Waals surface area contributed by atoms with Crippen LogP contribution in [0.25, 0.3) is 0 Å². The van der Waals surface area contributed by atoms with Gasteiger partial charge in [-0.15, -0.1) is 0 Å². The third kappa shape index (κ3) is 3.93. The summed E-state index contributed by atoms with van der Waals surface area (Å²) >= 11 is 0. The number of aromatic nitrogens is 2. The normalized spacial score (nSPS) is 12.1. The molecule has 0 fully saturated rings. The highest BCUT2D eigenvalue weighted by Crippen LogP contribution is 1.85. The number of rotatable bonds is 4. The van der Waals surface area contributed by atoms with E-state index in [0.717, 1.165) is 6.54 Å². The van der Waals surface area contributed by atoms with Crippen molar-refractivity contribution in [2.75, 3.05) is 6.54 Å². The molecule has 5 heteroatoms. The Labute approximate surface area is 84.0 Å². The molecule has 0 radical (unpaired) electrons. The zero-order chi connectivity index (χ0) is 10.4. The molecule has 14 heavy (non-hydrogen) atoms. The van der Waals surface area contributed by atoms with Crippen LogP contribution in [0.4, 0.5) is 0 Å². The van der Waals surface area contributed by atoms with E-state index < -0.39 is 0 Å². The zero-order valence-electron chi connectivity index (χ0n) is 8.64. The lowest BCUT2D eigenvalue weighted by Crippen LogP contribution is -2.36. The minimum absolute atomic E-state index is 0.326. The summed E-state index contributed by atoms with van der Waals surface area (Å²) in [6.07, 6.45) is 5.42. The average Bonchev–Trinajstić information content (AvgIpc) is 2.55. The van der Waals surface area contributed by atoms with Gasteiger partial charge < -0.3 is 15.6 Å². The van der Waals surface area contributed by atoms with Gasteiger partial charge in [0.1, 0.15) is 0 Å². The van der Waals surface area contributed by atoms with E-state index in [0.29, 0.717) is 18.5 Å². The molecule has 0 saturated carbocycles. The van der Waals surface area contributed by atoms with Crippen molar-refractivity contribution in [3.8, 4) is 0 Å². The lowest BCUT2D eigenvalue weighted by atomic mass is 10.4. The van der Waals surface area contributed by atoms with Crippen molar-refractivity contribution >= 4 is 5.96 Å². The van der Waals surface area contributed by atoms with Crippen LogP contribution in [0.15, 0.2) is 23.7 Å². The molecule has 0 aliphatic heterocycles. The number of hydrogen-bond acceptors (Lipinski definition) is 2. The Kier molecular flexibility index (Phi) is 3.97. The summed E-state index contributed by atoms with van der Waals surface area (Å²) in [6, 6.07) is 0.326. The maximum absolute atomic E-state index is 5.63. The summed E-state index contributed by atoms with van der Waals surface area (Å²) in [5.41, 5.74) is 5.63.